The molecular formula is C29H36ClN2OP. The molecule has 180 valence electrons. The van der Waals surface area contributed by atoms with Crippen molar-refractivity contribution in [2.24, 2.45) is 0 Å². The number of hydrogen-bond acceptors (Lipinski definition) is 2. The van der Waals surface area contributed by atoms with Crippen molar-refractivity contribution in [3.8, 4) is 0 Å². The summed E-state index contributed by atoms with van der Waals surface area (Å²) >= 11 is 8.09. The second-order valence-corrected chi connectivity index (χ2v) is 15.9. The quantitative estimate of drug-likeness (QED) is 0.304. The molecule has 3 aromatic rings. The van der Waals surface area contributed by atoms with Crippen LogP contribution in [-0.4, -0.2) is 31.2 Å². The summed E-state index contributed by atoms with van der Waals surface area (Å²) in [6.45, 7) is 1.98. The van der Waals surface area contributed by atoms with Crippen LogP contribution < -0.4 is 26.5 Å². The van der Waals surface area contributed by atoms with Crippen LogP contribution in [0.2, 0.25) is 0 Å². The number of halogens is 1. The van der Waals surface area contributed by atoms with Crippen LogP contribution in [0.15, 0.2) is 91.0 Å². The van der Waals surface area contributed by atoms with Gasteiger partial charge in [-0.1, -0.05) is 0 Å². The number of benzene rings is 3. The summed E-state index contributed by atoms with van der Waals surface area (Å²) in [5.74, 6) is -3.00. The monoisotopic (exact) mass is 494 g/mol. The Bertz CT molecular complexity index is 940. The number of piperidine rings is 1. The van der Waals surface area contributed by atoms with Crippen LogP contribution in [0.1, 0.15) is 38.5 Å². The molecule has 0 radical (unpaired) electrons. The molecule has 3 aromatic carbocycles. The third kappa shape index (κ3) is 5.38. The van der Waals surface area contributed by atoms with Gasteiger partial charge in [-0.15, -0.1) is 0 Å². The van der Waals surface area contributed by atoms with Crippen molar-refractivity contribution in [2.75, 3.05) is 19.3 Å². The van der Waals surface area contributed by atoms with E-state index in [0.29, 0.717) is 12.5 Å². The summed E-state index contributed by atoms with van der Waals surface area (Å²) in [6.07, 6.45) is 6.36. The zero-order valence-corrected chi connectivity index (χ0v) is 21.5. The molecule has 3 nitrogen and oxygen atoms in total. The third-order valence-corrected chi connectivity index (χ3v) is 14.6. The Morgan fingerprint density at radius 2 is 1.24 bits per heavy atom. The molecule has 1 aliphatic rings. The summed E-state index contributed by atoms with van der Waals surface area (Å²) in [4.78, 5) is 12.4. The predicted molar refractivity (Wildman–Crippen MR) is 148 cm³/mol. The Morgan fingerprint density at radius 1 is 0.765 bits per heavy atom. The van der Waals surface area contributed by atoms with Gasteiger partial charge in [0.2, 0.25) is 0 Å². The average molecular weight is 495 g/mol. The van der Waals surface area contributed by atoms with Crippen LogP contribution in [0.25, 0.3) is 0 Å². The molecule has 1 heterocycles. The van der Waals surface area contributed by atoms with Crippen molar-refractivity contribution >= 4 is 39.0 Å². The fourth-order valence-corrected chi connectivity index (χ4v) is 11.4. The molecule has 34 heavy (non-hydrogen) atoms. The van der Waals surface area contributed by atoms with E-state index in [0.717, 1.165) is 51.4 Å². The van der Waals surface area contributed by atoms with E-state index in [1.807, 2.05) is 0 Å². The first kappa shape index (κ1) is 24.9. The van der Waals surface area contributed by atoms with Crippen LogP contribution in [-0.2, 0) is 4.79 Å². The zero-order valence-electron chi connectivity index (χ0n) is 19.8. The van der Waals surface area contributed by atoms with E-state index in [2.05, 4.69) is 102 Å². The minimum atomic E-state index is -3.19. The second-order valence-electron chi connectivity index (χ2n) is 9.32. The number of hydrogen-bond donors (Lipinski definition) is 2. The van der Waals surface area contributed by atoms with Crippen molar-refractivity contribution in [1.29, 1.82) is 0 Å². The number of carbonyl (C=O) groups excluding carboxylic acids is 1. The normalized spacial score (nSPS) is 15.9. The van der Waals surface area contributed by atoms with Crippen LogP contribution in [0.5, 0.6) is 0 Å². The van der Waals surface area contributed by atoms with Crippen molar-refractivity contribution in [1.82, 2.24) is 10.6 Å². The van der Waals surface area contributed by atoms with Gasteiger partial charge in [0.1, 0.15) is 0 Å². The number of nitrogens with one attached hydrogen (secondary N) is 2. The first-order chi connectivity index (χ1) is 16.6. The fourth-order valence-electron chi connectivity index (χ4n) is 5.19. The number of rotatable bonds is 10. The number of carbonyl (C=O) groups is 1. The summed E-state index contributed by atoms with van der Waals surface area (Å²) in [5, 5.41) is 10.2. The molecule has 4 rings (SSSR count). The first-order valence-corrected chi connectivity index (χ1v) is 15.8. The Labute approximate surface area is 209 Å². The van der Waals surface area contributed by atoms with Gasteiger partial charge in [0.25, 0.3) is 0 Å². The molecule has 1 aliphatic heterocycles. The van der Waals surface area contributed by atoms with Crippen molar-refractivity contribution < 1.29 is 4.79 Å². The van der Waals surface area contributed by atoms with Gasteiger partial charge in [-0.25, -0.2) is 0 Å². The van der Waals surface area contributed by atoms with E-state index in [-0.39, 0.29) is 5.91 Å². The Morgan fingerprint density at radius 3 is 1.71 bits per heavy atom. The van der Waals surface area contributed by atoms with Crippen molar-refractivity contribution in [3.63, 3.8) is 0 Å². The standard InChI is InChI=1S/C29H36ClN2OP/c30-34(26-13-5-1-6-14-26,27-15-7-2-8-16-27,28-17-9-3-10-18-28)24-12-4-11-19-29(33)32-25-20-22-31-23-21-25/h1-3,5-10,13-18,25,31H,4,11-12,19-24H2,(H,32,33). The van der Waals surface area contributed by atoms with E-state index in [9.17, 15) is 4.79 Å². The maximum absolute atomic E-state index is 12.4. The zero-order chi connectivity index (χ0) is 23.7. The van der Waals surface area contributed by atoms with E-state index >= 15 is 0 Å². The summed E-state index contributed by atoms with van der Waals surface area (Å²) < 4.78 is 0. The van der Waals surface area contributed by atoms with Gasteiger partial charge in [0.15, 0.2) is 0 Å². The van der Waals surface area contributed by atoms with E-state index in [4.69, 9.17) is 11.2 Å². The topological polar surface area (TPSA) is 41.1 Å². The van der Waals surface area contributed by atoms with Gasteiger partial charge in [-0.3, -0.25) is 0 Å². The summed E-state index contributed by atoms with van der Waals surface area (Å²) in [5.41, 5.74) is 0. The Kier molecular flexibility index (Phi) is 8.42. The average Bonchev–Trinajstić information content (AvgIpc) is 2.90. The molecule has 2 N–H and O–H groups in total. The van der Waals surface area contributed by atoms with E-state index in [1.165, 1.54) is 15.9 Å². The Balaban J connectivity index is 1.52. The molecule has 0 spiro atoms. The van der Waals surface area contributed by atoms with Gasteiger partial charge >= 0.3 is 209 Å². The first-order valence-electron chi connectivity index (χ1n) is 12.5. The third-order valence-electron chi connectivity index (χ3n) is 7.07. The van der Waals surface area contributed by atoms with Gasteiger partial charge in [0, 0.05) is 0 Å². The summed E-state index contributed by atoms with van der Waals surface area (Å²) in [7, 11) is 0. The van der Waals surface area contributed by atoms with Gasteiger partial charge in [-0.2, -0.15) is 0 Å². The van der Waals surface area contributed by atoms with E-state index < -0.39 is 5.96 Å². The van der Waals surface area contributed by atoms with E-state index in [1.54, 1.807) is 0 Å². The molecule has 0 unspecified atom stereocenters. The predicted octanol–water partition coefficient (Wildman–Crippen LogP) is 5.10. The van der Waals surface area contributed by atoms with Crippen molar-refractivity contribution in [3.05, 3.63) is 91.0 Å². The SMILES string of the molecule is O=C(CCCCCP(Cl)(c1ccccc1)(c1ccccc1)c1ccccc1)NC1CCNCC1. The van der Waals surface area contributed by atoms with Gasteiger partial charge < -0.3 is 0 Å². The molecule has 5 heteroatoms. The molecule has 0 aromatic heterocycles. The molecule has 1 fully saturated rings. The number of unbranched alkanes of at least 4 members (excludes halogenated alkanes) is 2. The molecule has 1 saturated heterocycles. The van der Waals surface area contributed by atoms with Crippen molar-refractivity contribution in [2.45, 2.75) is 44.6 Å². The summed E-state index contributed by atoms with van der Waals surface area (Å²) in [6, 6.07) is 32.2. The molecule has 0 bridgehead atoms. The van der Waals surface area contributed by atoms with Crippen LogP contribution in [0, 0.1) is 0 Å². The second kappa shape index (κ2) is 11.5. The fraction of sp³-hybridized carbons (Fsp3) is 0.345. The maximum atomic E-state index is 12.4. The molecule has 0 aliphatic carbocycles. The van der Waals surface area contributed by atoms with Crippen LogP contribution >= 0.6 is 17.2 Å². The molecular weight excluding hydrogens is 459 g/mol. The van der Waals surface area contributed by atoms with Crippen LogP contribution in [0.3, 0.4) is 0 Å². The van der Waals surface area contributed by atoms with Gasteiger partial charge in [0.05, 0.1) is 0 Å². The van der Waals surface area contributed by atoms with Crippen LogP contribution in [0.4, 0.5) is 0 Å². The minimum absolute atomic E-state index is 0.185. The number of amides is 1. The van der Waals surface area contributed by atoms with Gasteiger partial charge in [-0.05, 0) is 0 Å². The Hall–Kier alpha value is -2.19. The molecule has 1 amide bonds. The molecule has 0 atom stereocenters. The molecule has 0 saturated carbocycles.